The fourth-order valence-electron chi connectivity index (χ4n) is 7.22. The standard InChI is InChI=1S/C31H26N4O7/c1-30(41-14-15-42-30)16-24(36)33-32-17-31-22-8-4-2-6-20(22)25(21-7-3-5-9-23(21)31)26-27(31)29(38)34(28(26)37)18-10-12-19(13-11-18)35(39)40/h2-13,17,25-27H,14-16H2,1H3,(H,33,36)/b32-17-/t25?,26-,27+,31?/m0/s1. The van der Waals surface area contributed by atoms with E-state index in [0.717, 1.165) is 27.2 Å². The number of benzene rings is 3. The van der Waals surface area contributed by atoms with Gasteiger partial charge in [0.1, 0.15) is 0 Å². The zero-order valence-corrected chi connectivity index (χ0v) is 22.6. The van der Waals surface area contributed by atoms with Crippen LogP contribution in [0.3, 0.4) is 0 Å². The lowest BCUT2D eigenvalue weighted by Crippen LogP contribution is -2.54. The maximum absolute atomic E-state index is 14.3. The summed E-state index contributed by atoms with van der Waals surface area (Å²) in [7, 11) is 0. The van der Waals surface area contributed by atoms with Crippen LogP contribution in [0.15, 0.2) is 77.9 Å². The number of carbonyl (C=O) groups is 3. The Morgan fingerprint density at radius 1 is 1.00 bits per heavy atom. The van der Waals surface area contributed by atoms with Gasteiger partial charge in [0.15, 0.2) is 5.79 Å². The molecular weight excluding hydrogens is 540 g/mol. The van der Waals surface area contributed by atoms with Gasteiger partial charge in [0.2, 0.25) is 17.7 Å². The zero-order chi connectivity index (χ0) is 29.2. The van der Waals surface area contributed by atoms with Crippen molar-refractivity contribution < 1.29 is 28.8 Å². The number of rotatable bonds is 6. The molecule has 0 unspecified atom stereocenters. The number of nitro groups is 1. The number of nitro benzene ring substituents is 1. The molecule has 42 heavy (non-hydrogen) atoms. The summed E-state index contributed by atoms with van der Waals surface area (Å²) in [6, 6.07) is 20.8. The second-order valence-electron chi connectivity index (χ2n) is 11.1. The summed E-state index contributed by atoms with van der Waals surface area (Å²) in [5.41, 5.74) is 5.07. The first-order valence-corrected chi connectivity index (χ1v) is 13.7. The first kappa shape index (κ1) is 26.2. The number of hydrogen-bond donors (Lipinski definition) is 1. The summed E-state index contributed by atoms with van der Waals surface area (Å²) in [4.78, 5) is 53.2. The normalized spacial score (nSPS) is 26.7. The van der Waals surface area contributed by atoms with Crippen LogP contribution in [-0.4, -0.2) is 47.9 Å². The summed E-state index contributed by atoms with van der Waals surface area (Å²) in [6.07, 6.45) is 1.52. The van der Waals surface area contributed by atoms with E-state index >= 15 is 0 Å². The molecule has 3 aromatic carbocycles. The lowest BCUT2D eigenvalue weighted by atomic mass is 9.47. The monoisotopic (exact) mass is 566 g/mol. The Kier molecular flexibility index (Phi) is 5.86. The highest BCUT2D eigenvalue weighted by atomic mass is 16.7. The minimum Gasteiger partial charge on any atom is -0.347 e. The number of amides is 3. The molecule has 11 heteroatoms. The predicted molar refractivity (Wildman–Crippen MR) is 150 cm³/mol. The average Bonchev–Trinajstić information content (AvgIpc) is 3.53. The first-order chi connectivity index (χ1) is 20.2. The molecule has 0 aromatic heterocycles. The third-order valence-corrected chi connectivity index (χ3v) is 8.84. The molecule has 11 nitrogen and oxygen atoms in total. The molecule has 1 N–H and O–H groups in total. The molecule has 8 rings (SSSR count). The lowest BCUT2D eigenvalue weighted by Gasteiger charge is -2.52. The van der Waals surface area contributed by atoms with Crippen LogP contribution >= 0.6 is 0 Å². The Balaban J connectivity index is 1.34. The van der Waals surface area contributed by atoms with E-state index < -0.39 is 39.8 Å². The molecule has 2 fully saturated rings. The number of nitrogens with zero attached hydrogens (tertiary/aromatic N) is 3. The van der Waals surface area contributed by atoms with E-state index in [-0.39, 0.29) is 29.6 Å². The van der Waals surface area contributed by atoms with Gasteiger partial charge in [-0.15, -0.1) is 0 Å². The maximum Gasteiger partial charge on any atom is 0.269 e. The van der Waals surface area contributed by atoms with Crippen LogP contribution in [0.5, 0.6) is 0 Å². The molecule has 3 aliphatic carbocycles. The highest BCUT2D eigenvalue weighted by Crippen LogP contribution is 2.63. The van der Waals surface area contributed by atoms with E-state index in [1.54, 1.807) is 13.1 Å². The first-order valence-electron chi connectivity index (χ1n) is 13.7. The van der Waals surface area contributed by atoms with Crippen molar-refractivity contribution >= 4 is 35.3 Å². The van der Waals surface area contributed by atoms with Gasteiger partial charge in [0, 0.05) is 24.3 Å². The van der Waals surface area contributed by atoms with Gasteiger partial charge in [0.25, 0.3) is 5.69 Å². The highest BCUT2D eigenvalue weighted by molar-refractivity contribution is 6.25. The fraction of sp³-hybridized carbons (Fsp3) is 0.290. The number of carbonyl (C=O) groups excluding carboxylic acids is 3. The Hall–Kier alpha value is -4.74. The van der Waals surface area contributed by atoms with Gasteiger partial charge in [-0.05, 0) is 41.3 Å². The van der Waals surface area contributed by atoms with E-state index in [2.05, 4.69) is 10.5 Å². The molecule has 3 aromatic rings. The maximum atomic E-state index is 14.3. The van der Waals surface area contributed by atoms with E-state index in [4.69, 9.17) is 9.47 Å². The van der Waals surface area contributed by atoms with Crippen molar-refractivity contribution in [2.75, 3.05) is 18.1 Å². The van der Waals surface area contributed by atoms with Crippen molar-refractivity contribution in [1.82, 2.24) is 5.43 Å². The van der Waals surface area contributed by atoms with Crippen molar-refractivity contribution in [3.05, 3.63) is 105 Å². The fourth-order valence-corrected chi connectivity index (χ4v) is 7.22. The number of hydrogen-bond acceptors (Lipinski definition) is 8. The number of nitrogens with one attached hydrogen (secondary N) is 1. The number of hydrazone groups is 1. The van der Waals surface area contributed by atoms with Gasteiger partial charge in [-0.1, -0.05) is 48.5 Å². The second kappa shape index (κ2) is 9.40. The topological polar surface area (TPSA) is 140 Å². The zero-order valence-electron chi connectivity index (χ0n) is 22.6. The molecule has 2 saturated heterocycles. The number of imide groups is 1. The third-order valence-electron chi connectivity index (χ3n) is 8.84. The molecule has 0 saturated carbocycles. The van der Waals surface area contributed by atoms with Crippen LogP contribution in [0, 0.1) is 22.0 Å². The number of anilines is 1. The van der Waals surface area contributed by atoms with E-state index in [0.29, 0.717) is 13.2 Å². The Bertz CT molecular complexity index is 1630. The minimum atomic E-state index is -1.16. The van der Waals surface area contributed by atoms with Crippen LogP contribution in [0.2, 0.25) is 0 Å². The summed E-state index contributed by atoms with van der Waals surface area (Å²) in [6.45, 7) is 2.49. The van der Waals surface area contributed by atoms with Crippen LogP contribution in [0.4, 0.5) is 11.4 Å². The lowest BCUT2D eigenvalue weighted by molar-refractivity contribution is -0.384. The molecule has 2 bridgehead atoms. The highest BCUT2D eigenvalue weighted by Gasteiger charge is 2.68. The Labute approximate surface area is 240 Å². The summed E-state index contributed by atoms with van der Waals surface area (Å²) < 4.78 is 11.1. The molecule has 2 atom stereocenters. The van der Waals surface area contributed by atoms with Gasteiger partial charge in [-0.25, -0.2) is 10.3 Å². The number of ether oxygens (including phenoxy) is 2. The van der Waals surface area contributed by atoms with Crippen LogP contribution in [0.1, 0.15) is 41.5 Å². The van der Waals surface area contributed by atoms with Crippen molar-refractivity contribution in [3.8, 4) is 0 Å². The van der Waals surface area contributed by atoms with Gasteiger partial charge in [-0.3, -0.25) is 24.5 Å². The average molecular weight is 567 g/mol. The van der Waals surface area contributed by atoms with Crippen molar-refractivity contribution in [1.29, 1.82) is 0 Å². The molecule has 0 radical (unpaired) electrons. The van der Waals surface area contributed by atoms with Gasteiger partial charge in [-0.2, -0.15) is 5.10 Å². The molecule has 2 heterocycles. The van der Waals surface area contributed by atoms with Gasteiger partial charge >= 0.3 is 0 Å². The van der Waals surface area contributed by atoms with Crippen LogP contribution in [-0.2, 0) is 29.3 Å². The summed E-state index contributed by atoms with van der Waals surface area (Å²) in [5.74, 6) is -4.22. The minimum absolute atomic E-state index is 0.0655. The van der Waals surface area contributed by atoms with Crippen LogP contribution < -0.4 is 10.3 Å². The van der Waals surface area contributed by atoms with E-state index in [1.165, 1.54) is 24.3 Å². The number of non-ortho nitro benzene ring substituents is 1. The smallest absolute Gasteiger partial charge is 0.269 e. The largest absolute Gasteiger partial charge is 0.347 e. The molecule has 5 aliphatic rings. The summed E-state index contributed by atoms with van der Waals surface area (Å²) in [5, 5.41) is 15.6. The molecular formula is C31H26N4O7. The quantitative estimate of drug-likeness (QED) is 0.209. The SMILES string of the molecule is CC1(CC(=O)N/N=C\C23c4ccccc4C(c4ccccc42)[C@@H]2C(=O)N(c4ccc([N+](=O)[O-])cc4)C(=O)[C@@H]23)OCCO1. The Morgan fingerprint density at radius 3 is 2.19 bits per heavy atom. The van der Waals surface area contributed by atoms with Crippen LogP contribution in [0.25, 0.3) is 0 Å². The van der Waals surface area contributed by atoms with Crippen molar-refractivity contribution in [2.24, 2.45) is 16.9 Å². The van der Waals surface area contributed by atoms with Crippen molar-refractivity contribution in [2.45, 2.75) is 30.5 Å². The van der Waals surface area contributed by atoms with E-state index in [9.17, 15) is 24.5 Å². The molecule has 3 amide bonds. The van der Waals surface area contributed by atoms with Gasteiger partial charge in [0.05, 0.1) is 47.5 Å². The molecule has 2 aliphatic heterocycles. The second-order valence-corrected chi connectivity index (χ2v) is 11.1. The molecule has 212 valence electrons. The Morgan fingerprint density at radius 2 is 1.60 bits per heavy atom. The summed E-state index contributed by atoms with van der Waals surface area (Å²) >= 11 is 0. The van der Waals surface area contributed by atoms with E-state index in [1.807, 2.05) is 48.5 Å². The third kappa shape index (κ3) is 3.67. The van der Waals surface area contributed by atoms with Crippen molar-refractivity contribution in [3.63, 3.8) is 0 Å². The molecule has 0 spiro atoms. The predicted octanol–water partition coefficient (Wildman–Crippen LogP) is 3.40. The van der Waals surface area contributed by atoms with Gasteiger partial charge < -0.3 is 9.47 Å².